The Kier molecular flexibility index (Phi) is 4.76. The van der Waals surface area contributed by atoms with E-state index in [1.54, 1.807) is 0 Å². The number of aromatic nitrogens is 3. The predicted octanol–water partition coefficient (Wildman–Crippen LogP) is 3.36. The summed E-state index contributed by atoms with van der Waals surface area (Å²) in [6.45, 7) is 5.48. The second-order valence-corrected chi connectivity index (χ2v) is 6.00. The molecule has 5 heteroatoms. The highest BCUT2D eigenvalue weighted by Crippen LogP contribution is 2.22. The molecule has 3 aromatic rings. The number of nitrogens with zero attached hydrogens (tertiary/aromatic N) is 3. The highest BCUT2D eigenvalue weighted by atomic mass is 16.5. The Bertz CT molecular complexity index is 768. The van der Waals surface area contributed by atoms with Crippen molar-refractivity contribution >= 4 is 11.0 Å². The third-order valence-corrected chi connectivity index (χ3v) is 4.34. The minimum Gasteiger partial charge on any atom is -0.361 e. The minimum absolute atomic E-state index is 0.758. The highest BCUT2D eigenvalue weighted by molar-refractivity contribution is 5.76. The average Bonchev–Trinajstić information content (AvgIpc) is 3.07. The number of unbranched alkanes of at least 4 members (excludes halogenated alkanes) is 2. The highest BCUT2D eigenvalue weighted by Gasteiger charge is 2.15. The third kappa shape index (κ3) is 3.29. The zero-order valence-corrected chi connectivity index (χ0v) is 13.9. The van der Waals surface area contributed by atoms with Gasteiger partial charge in [0.05, 0.1) is 23.3 Å². The molecular formula is C18H24N4O. The predicted molar refractivity (Wildman–Crippen MR) is 91.4 cm³/mol. The number of para-hydroxylation sites is 2. The molecule has 2 heterocycles. The van der Waals surface area contributed by atoms with Gasteiger partial charge >= 0.3 is 0 Å². The zero-order valence-electron chi connectivity index (χ0n) is 13.9. The molecule has 0 saturated heterocycles. The van der Waals surface area contributed by atoms with Crippen molar-refractivity contribution in [3.05, 3.63) is 47.1 Å². The fourth-order valence-electron chi connectivity index (χ4n) is 2.98. The molecule has 0 bridgehead atoms. The first-order valence-corrected chi connectivity index (χ1v) is 8.26. The first kappa shape index (κ1) is 15.7. The van der Waals surface area contributed by atoms with E-state index in [4.69, 9.17) is 15.2 Å². The molecule has 1 aromatic carbocycles. The van der Waals surface area contributed by atoms with Gasteiger partial charge in [-0.1, -0.05) is 23.7 Å². The van der Waals surface area contributed by atoms with Crippen LogP contribution in [0.1, 0.15) is 42.1 Å². The van der Waals surface area contributed by atoms with Gasteiger partial charge in [0, 0.05) is 12.0 Å². The molecule has 23 heavy (non-hydrogen) atoms. The molecule has 5 nitrogen and oxygen atoms in total. The molecule has 0 fully saturated rings. The summed E-state index contributed by atoms with van der Waals surface area (Å²) in [7, 11) is 0. The Labute approximate surface area is 136 Å². The van der Waals surface area contributed by atoms with E-state index in [9.17, 15) is 0 Å². The minimum atomic E-state index is 0.758. The van der Waals surface area contributed by atoms with Crippen LogP contribution in [0.5, 0.6) is 0 Å². The van der Waals surface area contributed by atoms with Crippen LogP contribution in [0.4, 0.5) is 0 Å². The van der Waals surface area contributed by atoms with Gasteiger partial charge in [-0.25, -0.2) is 4.98 Å². The lowest BCUT2D eigenvalue weighted by molar-refractivity contribution is 0.392. The summed E-state index contributed by atoms with van der Waals surface area (Å²) < 4.78 is 7.61. The molecule has 0 aliphatic heterocycles. The molecule has 0 aliphatic carbocycles. The van der Waals surface area contributed by atoms with Crippen molar-refractivity contribution in [1.82, 2.24) is 14.7 Å². The quantitative estimate of drug-likeness (QED) is 0.679. The Balaban J connectivity index is 1.92. The summed E-state index contributed by atoms with van der Waals surface area (Å²) in [6.07, 6.45) is 4.30. The van der Waals surface area contributed by atoms with Crippen molar-refractivity contribution in [3.8, 4) is 0 Å². The summed E-state index contributed by atoms with van der Waals surface area (Å²) in [4.78, 5) is 4.83. The van der Waals surface area contributed by atoms with Gasteiger partial charge in [-0.3, -0.25) is 0 Å². The topological polar surface area (TPSA) is 69.9 Å². The smallest absolute Gasteiger partial charge is 0.138 e. The maximum Gasteiger partial charge on any atom is 0.138 e. The SMILES string of the molecule is Cc1noc(C)c1Cn1c(CCCCCN)nc2ccccc21. The maximum absolute atomic E-state index is 5.58. The number of aryl methyl sites for hydroxylation is 3. The van der Waals surface area contributed by atoms with E-state index in [1.807, 2.05) is 19.9 Å². The number of rotatable bonds is 7. The third-order valence-electron chi connectivity index (χ3n) is 4.34. The number of benzene rings is 1. The fourth-order valence-corrected chi connectivity index (χ4v) is 2.98. The van der Waals surface area contributed by atoms with Crippen molar-refractivity contribution in [2.24, 2.45) is 5.73 Å². The van der Waals surface area contributed by atoms with Gasteiger partial charge in [-0.15, -0.1) is 0 Å². The Hall–Kier alpha value is -2.14. The molecule has 3 rings (SSSR count). The van der Waals surface area contributed by atoms with E-state index in [0.717, 1.165) is 67.1 Å². The largest absolute Gasteiger partial charge is 0.361 e. The Morgan fingerprint density at radius 1 is 1.13 bits per heavy atom. The maximum atomic E-state index is 5.58. The van der Waals surface area contributed by atoms with E-state index in [-0.39, 0.29) is 0 Å². The lowest BCUT2D eigenvalue weighted by atomic mass is 10.1. The number of nitrogens with two attached hydrogens (primary N) is 1. The summed E-state index contributed by atoms with van der Waals surface area (Å²) in [5.74, 6) is 2.01. The van der Waals surface area contributed by atoms with E-state index in [2.05, 4.69) is 27.9 Å². The van der Waals surface area contributed by atoms with Gasteiger partial charge in [0.1, 0.15) is 11.6 Å². The number of hydrogen-bond donors (Lipinski definition) is 1. The van der Waals surface area contributed by atoms with Gasteiger partial charge in [-0.2, -0.15) is 0 Å². The monoisotopic (exact) mass is 312 g/mol. The Morgan fingerprint density at radius 3 is 2.70 bits per heavy atom. The van der Waals surface area contributed by atoms with Crippen LogP contribution in [0.25, 0.3) is 11.0 Å². The molecule has 2 aromatic heterocycles. The standard InChI is InChI=1S/C18H24N4O/c1-13-15(14(2)23-21-13)12-22-17-9-6-5-8-16(17)20-18(22)10-4-3-7-11-19/h5-6,8-9H,3-4,7,10-12,19H2,1-2H3. The van der Waals surface area contributed by atoms with Gasteiger partial charge in [0.15, 0.2) is 0 Å². The van der Waals surface area contributed by atoms with Gasteiger partial charge in [-0.05, 0) is 45.4 Å². The molecule has 0 spiro atoms. The zero-order chi connectivity index (χ0) is 16.2. The summed E-state index contributed by atoms with van der Waals surface area (Å²) in [6, 6.07) is 8.30. The van der Waals surface area contributed by atoms with Crippen LogP contribution in [-0.2, 0) is 13.0 Å². The van der Waals surface area contributed by atoms with E-state index in [0.29, 0.717) is 0 Å². The normalized spacial score (nSPS) is 11.4. The van der Waals surface area contributed by atoms with Crippen LogP contribution in [0.3, 0.4) is 0 Å². The first-order valence-electron chi connectivity index (χ1n) is 8.26. The summed E-state index contributed by atoms with van der Waals surface area (Å²) >= 11 is 0. The van der Waals surface area contributed by atoms with Crippen LogP contribution < -0.4 is 5.73 Å². The van der Waals surface area contributed by atoms with Crippen LogP contribution in [0, 0.1) is 13.8 Å². The van der Waals surface area contributed by atoms with Crippen molar-refractivity contribution in [2.75, 3.05) is 6.54 Å². The van der Waals surface area contributed by atoms with Crippen molar-refractivity contribution in [1.29, 1.82) is 0 Å². The number of fused-ring (bicyclic) bond motifs is 1. The molecule has 0 atom stereocenters. The van der Waals surface area contributed by atoms with E-state index in [1.165, 1.54) is 5.52 Å². The van der Waals surface area contributed by atoms with Crippen molar-refractivity contribution in [3.63, 3.8) is 0 Å². The molecule has 0 aliphatic rings. The average molecular weight is 312 g/mol. The Morgan fingerprint density at radius 2 is 1.96 bits per heavy atom. The van der Waals surface area contributed by atoms with E-state index < -0.39 is 0 Å². The second kappa shape index (κ2) is 6.96. The fraction of sp³-hybridized carbons (Fsp3) is 0.444. The molecule has 0 radical (unpaired) electrons. The second-order valence-electron chi connectivity index (χ2n) is 6.00. The lowest BCUT2D eigenvalue weighted by Crippen LogP contribution is -2.07. The lowest BCUT2D eigenvalue weighted by Gasteiger charge is -2.09. The molecule has 0 unspecified atom stereocenters. The number of imidazole rings is 1. The molecular weight excluding hydrogens is 288 g/mol. The van der Waals surface area contributed by atoms with Crippen LogP contribution in [-0.4, -0.2) is 21.3 Å². The first-order chi connectivity index (χ1) is 11.2. The van der Waals surface area contributed by atoms with E-state index >= 15 is 0 Å². The van der Waals surface area contributed by atoms with Gasteiger partial charge in [0.2, 0.25) is 0 Å². The van der Waals surface area contributed by atoms with Crippen molar-refractivity contribution < 1.29 is 4.52 Å². The van der Waals surface area contributed by atoms with Gasteiger partial charge in [0.25, 0.3) is 0 Å². The number of hydrogen-bond acceptors (Lipinski definition) is 4. The molecule has 0 amide bonds. The van der Waals surface area contributed by atoms with Crippen LogP contribution in [0.2, 0.25) is 0 Å². The van der Waals surface area contributed by atoms with Gasteiger partial charge < -0.3 is 14.8 Å². The molecule has 2 N–H and O–H groups in total. The van der Waals surface area contributed by atoms with Crippen LogP contribution >= 0.6 is 0 Å². The van der Waals surface area contributed by atoms with Crippen LogP contribution in [0.15, 0.2) is 28.8 Å². The molecule has 122 valence electrons. The summed E-state index contributed by atoms with van der Waals surface area (Å²) in [5, 5.41) is 4.07. The van der Waals surface area contributed by atoms with Crippen molar-refractivity contribution in [2.45, 2.75) is 46.1 Å². The molecule has 0 saturated carbocycles. The summed E-state index contributed by atoms with van der Waals surface area (Å²) in [5.41, 5.74) is 9.90.